The third-order valence-electron chi connectivity index (χ3n) is 7.12. The van der Waals surface area contributed by atoms with Gasteiger partial charge < -0.3 is 9.47 Å². The van der Waals surface area contributed by atoms with E-state index in [1.165, 1.54) is 45.8 Å². The Labute approximate surface area is 157 Å². The first-order chi connectivity index (χ1) is 12.8. The molecule has 0 radical (unpaired) electrons. The third kappa shape index (κ3) is 3.93. The lowest BCUT2D eigenvalue weighted by Gasteiger charge is -2.46. The topological polar surface area (TPSA) is 54.0 Å². The summed E-state index contributed by atoms with van der Waals surface area (Å²) in [6, 6.07) is 1.29. The van der Waals surface area contributed by atoms with E-state index in [1.807, 2.05) is 0 Å². The molecular formula is C20H35N3O3. The van der Waals surface area contributed by atoms with Crippen LogP contribution in [0.4, 0.5) is 0 Å². The zero-order valence-electron chi connectivity index (χ0n) is 16.2. The summed E-state index contributed by atoms with van der Waals surface area (Å²) < 4.78 is 10.7. The van der Waals surface area contributed by atoms with Crippen molar-refractivity contribution in [2.45, 2.75) is 75.5 Å². The van der Waals surface area contributed by atoms with E-state index in [-0.39, 0.29) is 12.0 Å². The van der Waals surface area contributed by atoms with Gasteiger partial charge in [-0.05, 0) is 38.0 Å². The average Bonchev–Trinajstić information content (AvgIpc) is 3.09. The maximum Gasteiger partial charge on any atom is 0.323 e. The fraction of sp³-hybridized carbons (Fsp3) is 0.950. The Morgan fingerprint density at radius 3 is 2.65 bits per heavy atom. The average molecular weight is 366 g/mol. The number of likely N-dealkylation sites (tertiary alicyclic amines) is 1. The minimum atomic E-state index is -0.105. The molecule has 3 atom stereocenters. The minimum absolute atomic E-state index is 0.0672. The van der Waals surface area contributed by atoms with Gasteiger partial charge in [-0.25, -0.2) is 0 Å². The van der Waals surface area contributed by atoms with Gasteiger partial charge in [0.15, 0.2) is 0 Å². The highest BCUT2D eigenvalue weighted by atomic mass is 16.5. The number of carbonyl (C=O) groups excluding carboxylic acids is 1. The van der Waals surface area contributed by atoms with Crippen molar-refractivity contribution in [3.63, 3.8) is 0 Å². The zero-order valence-corrected chi connectivity index (χ0v) is 16.2. The smallest absolute Gasteiger partial charge is 0.323 e. The Morgan fingerprint density at radius 1 is 1.15 bits per heavy atom. The number of carbonyl (C=O) groups is 1. The Hall–Kier alpha value is -0.690. The Bertz CT molecular complexity index is 477. The second-order valence-electron chi connectivity index (χ2n) is 8.63. The van der Waals surface area contributed by atoms with Gasteiger partial charge in [-0.3, -0.25) is 19.9 Å². The van der Waals surface area contributed by atoms with Gasteiger partial charge in [0.25, 0.3) is 0 Å². The summed E-state index contributed by atoms with van der Waals surface area (Å²) in [4.78, 5) is 17.6. The number of hydrogen-bond acceptors (Lipinski definition) is 6. The summed E-state index contributed by atoms with van der Waals surface area (Å²) in [5.41, 5.74) is 0. The molecule has 3 heterocycles. The van der Waals surface area contributed by atoms with Crippen molar-refractivity contribution in [3.05, 3.63) is 0 Å². The van der Waals surface area contributed by atoms with Crippen LogP contribution in [0.5, 0.6) is 0 Å². The normalized spacial score (nSPS) is 35.3. The molecule has 0 aromatic heterocycles. The highest BCUT2D eigenvalue weighted by Crippen LogP contribution is 2.32. The lowest BCUT2D eigenvalue weighted by Crippen LogP contribution is -2.62. The van der Waals surface area contributed by atoms with Gasteiger partial charge in [0.1, 0.15) is 6.04 Å². The van der Waals surface area contributed by atoms with Crippen LogP contribution < -0.4 is 5.32 Å². The molecule has 1 saturated carbocycles. The number of hydrogen-bond donors (Lipinski definition) is 1. The minimum Gasteiger partial charge on any atom is -0.468 e. The molecule has 6 nitrogen and oxygen atoms in total. The summed E-state index contributed by atoms with van der Waals surface area (Å²) in [5, 5.41) is 3.70. The van der Waals surface area contributed by atoms with E-state index < -0.39 is 0 Å². The second kappa shape index (κ2) is 8.55. The van der Waals surface area contributed by atoms with Crippen molar-refractivity contribution in [2.75, 3.05) is 40.1 Å². The Balaban J connectivity index is 1.45. The summed E-state index contributed by atoms with van der Waals surface area (Å²) in [5.74, 6) is 0.793. The van der Waals surface area contributed by atoms with Crippen molar-refractivity contribution < 1.29 is 14.3 Å². The lowest BCUT2D eigenvalue weighted by atomic mass is 9.87. The quantitative estimate of drug-likeness (QED) is 0.764. The molecule has 26 heavy (non-hydrogen) atoms. The van der Waals surface area contributed by atoms with Gasteiger partial charge in [0.2, 0.25) is 0 Å². The molecule has 3 aliphatic heterocycles. The van der Waals surface area contributed by atoms with Gasteiger partial charge in [-0.2, -0.15) is 0 Å². The molecule has 148 valence electrons. The molecule has 0 bridgehead atoms. The third-order valence-corrected chi connectivity index (χ3v) is 7.12. The van der Waals surface area contributed by atoms with Crippen LogP contribution in [-0.4, -0.2) is 80.0 Å². The van der Waals surface area contributed by atoms with Crippen LogP contribution in [-0.2, 0) is 14.3 Å². The van der Waals surface area contributed by atoms with E-state index in [9.17, 15) is 4.79 Å². The highest BCUT2D eigenvalue weighted by molar-refractivity contribution is 5.76. The standard InChI is InChI=1S/C20H35N3O3/c1-25-20(24)18-11-17-19(13-23(18)16-7-9-26-10-8-16)22(14-21-17)12-15-5-3-2-4-6-15/h15-19,21H,2-14H2,1H3/t17?,18-,19?/m1/s1. The molecule has 0 aromatic carbocycles. The molecule has 1 aliphatic carbocycles. The first-order valence-electron chi connectivity index (χ1n) is 10.6. The molecule has 0 spiro atoms. The number of fused-ring (bicyclic) bond motifs is 1. The summed E-state index contributed by atoms with van der Waals surface area (Å²) >= 11 is 0. The number of methoxy groups -OCH3 is 1. The van der Waals surface area contributed by atoms with Crippen molar-refractivity contribution in [1.82, 2.24) is 15.1 Å². The number of nitrogens with one attached hydrogen (secondary N) is 1. The van der Waals surface area contributed by atoms with E-state index in [0.717, 1.165) is 51.6 Å². The van der Waals surface area contributed by atoms with Crippen LogP contribution in [0.2, 0.25) is 0 Å². The molecule has 4 rings (SSSR count). The van der Waals surface area contributed by atoms with Crippen LogP contribution in [0, 0.1) is 5.92 Å². The molecule has 2 unspecified atom stereocenters. The molecule has 0 aromatic rings. The highest BCUT2D eigenvalue weighted by Gasteiger charge is 2.47. The molecule has 4 fully saturated rings. The Morgan fingerprint density at radius 2 is 1.92 bits per heavy atom. The van der Waals surface area contributed by atoms with Gasteiger partial charge >= 0.3 is 5.97 Å². The molecule has 0 amide bonds. The van der Waals surface area contributed by atoms with Gasteiger partial charge in [-0.1, -0.05) is 19.3 Å². The molecule has 4 aliphatic rings. The van der Waals surface area contributed by atoms with Gasteiger partial charge in [-0.15, -0.1) is 0 Å². The van der Waals surface area contributed by atoms with E-state index in [0.29, 0.717) is 18.1 Å². The van der Waals surface area contributed by atoms with E-state index in [2.05, 4.69) is 15.1 Å². The monoisotopic (exact) mass is 365 g/mol. The first-order valence-corrected chi connectivity index (χ1v) is 10.6. The predicted octanol–water partition coefficient (Wildman–Crippen LogP) is 1.59. The van der Waals surface area contributed by atoms with Crippen molar-refractivity contribution in [2.24, 2.45) is 5.92 Å². The largest absolute Gasteiger partial charge is 0.468 e. The van der Waals surface area contributed by atoms with Crippen LogP contribution in [0.15, 0.2) is 0 Å². The summed E-state index contributed by atoms with van der Waals surface area (Å²) in [6.07, 6.45) is 9.93. The first kappa shape index (κ1) is 18.7. The number of ether oxygens (including phenoxy) is 2. The zero-order chi connectivity index (χ0) is 17.9. The molecule has 6 heteroatoms. The Kier molecular flexibility index (Phi) is 6.14. The van der Waals surface area contributed by atoms with E-state index in [4.69, 9.17) is 9.47 Å². The summed E-state index contributed by atoms with van der Waals surface area (Å²) in [6.45, 7) is 4.80. The molecule has 1 N–H and O–H groups in total. The molecular weight excluding hydrogens is 330 g/mol. The molecule has 3 saturated heterocycles. The van der Waals surface area contributed by atoms with Crippen LogP contribution in [0.25, 0.3) is 0 Å². The predicted molar refractivity (Wildman–Crippen MR) is 99.8 cm³/mol. The number of rotatable bonds is 4. The van der Waals surface area contributed by atoms with Crippen LogP contribution in [0.1, 0.15) is 51.4 Å². The number of nitrogens with zero attached hydrogens (tertiary/aromatic N) is 2. The maximum absolute atomic E-state index is 12.5. The van der Waals surface area contributed by atoms with Crippen molar-refractivity contribution >= 4 is 5.97 Å². The van der Waals surface area contributed by atoms with E-state index >= 15 is 0 Å². The number of piperidine rings is 1. The van der Waals surface area contributed by atoms with Crippen molar-refractivity contribution in [1.29, 1.82) is 0 Å². The van der Waals surface area contributed by atoms with E-state index in [1.54, 1.807) is 0 Å². The second-order valence-corrected chi connectivity index (χ2v) is 8.63. The fourth-order valence-electron chi connectivity index (χ4n) is 5.63. The van der Waals surface area contributed by atoms with Crippen LogP contribution in [0.3, 0.4) is 0 Å². The fourth-order valence-corrected chi connectivity index (χ4v) is 5.63. The van der Waals surface area contributed by atoms with Crippen molar-refractivity contribution in [3.8, 4) is 0 Å². The SMILES string of the molecule is COC(=O)[C@H]1CC2NCN(CC3CCCCC3)C2CN1C1CCOCC1. The van der Waals surface area contributed by atoms with Gasteiger partial charge in [0, 0.05) is 51.1 Å². The number of esters is 1. The van der Waals surface area contributed by atoms with Gasteiger partial charge in [0.05, 0.1) is 7.11 Å². The lowest BCUT2D eigenvalue weighted by molar-refractivity contribution is -0.152. The summed E-state index contributed by atoms with van der Waals surface area (Å²) in [7, 11) is 1.52. The maximum atomic E-state index is 12.5. The van der Waals surface area contributed by atoms with Crippen LogP contribution >= 0.6 is 0 Å².